The molecular formula is C20H22BrN3O4. The number of carbonyl (C=O) groups is 3. The summed E-state index contributed by atoms with van der Waals surface area (Å²) < 4.78 is 6.17. The van der Waals surface area contributed by atoms with Crippen LogP contribution in [-0.2, 0) is 9.59 Å². The van der Waals surface area contributed by atoms with E-state index in [0.29, 0.717) is 11.3 Å². The summed E-state index contributed by atoms with van der Waals surface area (Å²) in [6, 6.07) is 14.8. The van der Waals surface area contributed by atoms with E-state index in [1.807, 2.05) is 6.07 Å². The van der Waals surface area contributed by atoms with E-state index in [1.165, 1.54) is 0 Å². The van der Waals surface area contributed by atoms with Crippen LogP contribution in [0.25, 0.3) is 0 Å². The van der Waals surface area contributed by atoms with E-state index in [4.69, 9.17) is 4.74 Å². The number of carbonyl (C=O) groups excluding carboxylic acids is 3. The Morgan fingerprint density at radius 3 is 2.36 bits per heavy atom. The molecular weight excluding hydrogens is 426 g/mol. The van der Waals surface area contributed by atoms with Crippen molar-refractivity contribution >= 4 is 33.7 Å². The van der Waals surface area contributed by atoms with Crippen LogP contribution in [0.2, 0.25) is 0 Å². The van der Waals surface area contributed by atoms with Crippen molar-refractivity contribution in [2.45, 2.75) is 19.9 Å². The van der Waals surface area contributed by atoms with Gasteiger partial charge in [-0.05, 0) is 36.2 Å². The number of hydrogen-bond donors (Lipinski definition) is 3. The van der Waals surface area contributed by atoms with Crippen molar-refractivity contribution in [1.82, 2.24) is 16.2 Å². The fourth-order valence-corrected chi connectivity index (χ4v) is 2.68. The number of hydrogen-bond acceptors (Lipinski definition) is 4. The summed E-state index contributed by atoms with van der Waals surface area (Å²) in [6.45, 7) is 3.33. The van der Waals surface area contributed by atoms with Gasteiger partial charge in [-0.15, -0.1) is 0 Å². The summed E-state index contributed by atoms with van der Waals surface area (Å²) in [6.07, 6.45) is 0. The lowest BCUT2D eigenvalue weighted by atomic mass is 10.0. The molecule has 3 N–H and O–H groups in total. The summed E-state index contributed by atoms with van der Waals surface area (Å²) in [5.74, 6) is -1.06. The van der Waals surface area contributed by atoms with Gasteiger partial charge in [0.2, 0.25) is 0 Å². The van der Waals surface area contributed by atoms with Gasteiger partial charge in [-0.2, -0.15) is 0 Å². The molecule has 0 bridgehead atoms. The third kappa shape index (κ3) is 6.70. The largest absolute Gasteiger partial charge is 0.484 e. The second-order valence-electron chi connectivity index (χ2n) is 6.34. The molecule has 0 aliphatic rings. The Kier molecular flexibility index (Phi) is 8.01. The number of nitrogens with one attached hydrogen (secondary N) is 3. The van der Waals surface area contributed by atoms with Gasteiger partial charge in [0.15, 0.2) is 6.61 Å². The van der Waals surface area contributed by atoms with Crippen molar-refractivity contribution in [2.75, 3.05) is 6.61 Å². The first-order valence-corrected chi connectivity index (χ1v) is 9.49. The lowest BCUT2D eigenvalue weighted by molar-refractivity contribution is -0.131. The summed E-state index contributed by atoms with van der Waals surface area (Å²) in [5, 5.41) is 2.68. The maximum Gasteiger partial charge on any atom is 0.276 e. The lowest BCUT2D eigenvalue weighted by Gasteiger charge is -2.22. The highest BCUT2D eigenvalue weighted by Gasteiger charge is 2.25. The van der Waals surface area contributed by atoms with E-state index in [2.05, 4.69) is 32.1 Å². The molecule has 2 aromatic carbocycles. The molecule has 0 spiro atoms. The quantitative estimate of drug-likeness (QED) is 0.567. The highest BCUT2D eigenvalue weighted by Crippen LogP contribution is 2.17. The number of amides is 3. The van der Waals surface area contributed by atoms with Crippen LogP contribution < -0.4 is 20.9 Å². The van der Waals surface area contributed by atoms with Gasteiger partial charge < -0.3 is 10.1 Å². The van der Waals surface area contributed by atoms with Crippen LogP contribution in [0.15, 0.2) is 59.1 Å². The Morgan fingerprint density at radius 1 is 1.00 bits per heavy atom. The van der Waals surface area contributed by atoms with Crippen molar-refractivity contribution < 1.29 is 19.1 Å². The molecule has 0 aliphatic heterocycles. The van der Waals surface area contributed by atoms with Gasteiger partial charge in [-0.3, -0.25) is 25.2 Å². The third-order valence-corrected chi connectivity index (χ3v) is 4.26. The first kappa shape index (κ1) is 21.4. The standard InChI is InChI=1S/C20H22BrN3O4/c1-13(2)18(22-19(26)14-7-4-3-5-8-14)20(27)24-23-17(25)12-28-16-10-6-9-15(21)11-16/h3-11,13,18H,12H2,1-2H3,(H,22,26)(H,23,25)(H,24,27). The maximum atomic E-state index is 12.4. The van der Waals surface area contributed by atoms with Crippen LogP contribution in [0.5, 0.6) is 5.75 Å². The molecule has 0 heterocycles. The molecule has 28 heavy (non-hydrogen) atoms. The van der Waals surface area contributed by atoms with Gasteiger partial charge in [0.05, 0.1) is 0 Å². The summed E-state index contributed by atoms with van der Waals surface area (Å²) in [7, 11) is 0. The lowest BCUT2D eigenvalue weighted by Crippen LogP contribution is -2.54. The van der Waals surface area contributed by atoms with Crippen LogP contribution in [-0.4, -0.2) is 30.4 Å². The Hall–Kier alpha value is -2.87. The fourth-order valence-electron chi connectivity index (χ4n) is 2.30. The summed E-state index contributed by atoms with van der Waals surface area (Å²) in [5.41, 5.74) is 5.07. The van der Waals surface area contributed by atoms with Crippen molar-refractivity contribution in [1.29, 1.82) is 0 Å². The van der Waals surface area contributed by atoms with Gasteiger partial charge >= 0.3 is 0 Å². The van der Waals surface area contributed by atoms with E-state index in [9.17, 15) is 14.4 Å². The van der Waals surface area contributed by atoms with Crippen LogP contribution in [0.3, 0.4) is 0 Å². The van der Waals surface area contributed by atoms with Crippen LogP contribution in [0.4, 0.5) is 0 Å². The molecule has 1 unspecified atom stereocenters. The minimum atomic E-state index is -0.806. The number of hydrazine groups is 1. The molecule has 0 saturated heterocycles. The van der Waals surface area contributed by atoms with Gasteiger partial charge in [-0.1, -0.05) is 54.0 Å². The maximum absolute atomic E-state index is 12.4. The van der Waals surface area contributed by atoms with E-state index in [-0.39, 0.29) is 18.4 Å². The highest BCUT2D eigenvalue weighted by atomic mass is 79.9. The Labute approximate surface area is 171 Å². The smallest absolute Gasteiger partial charge is 0.276 e. The molecule has 0 radical (unpaired) electrons. The van der Waals surface area contributed by atoms with Crippen molar-refractivity contribution in [2.24, 2.45) is 5.92 Å². The van der Waals surface area contributed by atoms with Crippen molar-refractivity contribution in [3.8, 4) is 5.75 Å². The molecule has 2 aromatic rings. The predicted octanol–water partition coefficient (Wildman–Crippen LogP) is 2.43. The van der Waals surface area contributed by atoms with E-state index in [1.54, 1.807) is 62.4 Å². The molecule has 0 fully saturated rings. The minimum Gasteiger partial charge on any atom is -0.484 e. The molecule has 8 heteroatoms. The Morgan fingerprint density at radius 2 is 1.71 bits per heavy atom. The topological polar surface area (TPSA) is 96.5 Å². The molecule has 148 valence electrons. The first-order valence-electron chi connectivity index (χ1n) is 8.70. The Bertz CT molecular complexity index is 827. The predicted molar refractivity (Wildman–Crippen MR) is 108 cm³/mol. The van der Waals surface area contributed by atoms with Crippen LogP contribution >= 0.6 is 15.9 Å². The van der Waals surface area contributed by atoms with Crippen LogP contribution in [0.1, 0.15) is 24.2 Å². The summed E-state index contributed by atoms with van der Waals surface area (Å²) in [4.78, 5) is 36.6. The summed E-state index contributed by atoms with van der Waals surface area (Å²) >= 11 is 3.31. The number of rotatable bonds is 7. The SMILES string of the molecule is CC(C)C(NC(=O)c1ccccc1)C(=O)NNC(=O)COc1cccc(Br)c1. The monoisotopic (exact) mass is 447 g/mol. The Balaban J connectivity index is 1.84. The van der Waals surface area contributed by atoms with E-state index >= 15 is 0 Å². The molecule has 1 atom stereocenters. The molecule has 7 nitrogen and oxygen atoms in total. The van der Waals surface area contributed by atoms with E-state index < -0.39 is 17.9 Å². The van der Waals surface area contributed by atoms with E-state index in [0.717, 1.165) is 4.47 Å². The molecule has 0 saturated carbocycles. The zero-order chi connectivity index (χ0) is 20.5. The second-order valence-corrected chi connectivity index (χ2v) is 7.26. The van der Waals surface area contributed by atoms with Gasteiger partial charge in [0.25, 0.3) is 17.7 Å². The zero-order valence-electron chi connectivity index (χ0n) is 15.6. The van der Waals surface area contributed by atoms with Crippen LogP contribution in [0, 0.1) is 5.92 Å². The number of halogens is 1. The van der Waals surface area contributed by atoms with Crippen molar-refractivity contribution in [3.63, 3.8) is 0 Å². The molecule has 2 rings (SSSR count). The average molecular weight is 448 g/mol. The normalized spacial score (nSPS) is 11.4. The van der Waals surface area contributed by atoms with Crippen molar-refractivity contribution in [3.05, 3.63) is 64.6 Å². The number of benzene rings is 2. The highest BCUT2D eigenvalue weighted by molar-refractivity contribution is 9.10. The van der Waals surface area contributed by atoms with Gasteiger partial charge in [-0.25, -0.2) is 0 Å². The van der Waals surface area contributed by atoms with Gasteiger partial charge in [0, 0.05) is 10.0 Å². The fraction of sp³-hybridized carbons (Fsp3) is 0.250. The minimum absolute atomic E-state index is 0.178. The average Bonchev–Trinajstić information content (AvgIpc) is 2.69. The first-order chi connectivity index (χ1) is 13.4. The zero-order valence-corrected chi connectivity index (χ0v) is 17.2. The molecule has 0 aromatic heterocycles. The number of ether oxygens (including phenoxy) is 1. The molecule has 0 aliphatic carbocycles. The van der Waals surface area contributed by atoms with Gasteiger partial charge in [0.1, 0.15) is 11.8 Å². The molecule has 3 amide bonds. The third-order valence-electron chi connectivity index (χ3n) is 3.76. The second kappa shape index (κ2) is 10.5.